The Morgan fingerprint density at radius 2 is 2.00 bits per heavy atom. The highest BCUT2D eigenvalue weighted by molar-refractivity contribution is 6.28. The molecule has 0 amide bonds. The predicted molar refractivity (Wildman–Crippen MR) is 68.4 cm³/mol. The second-order valence-electron chi connectivity index (χ2n) is 5.61. The van der Waals surface area contributed by atoms with E-state index in [1.807, 2.05) is 6.92 Å². The van der Waals surface area contributed by atoms with Crippen LogP contribution in [0.3, 0.4) is 0 Å². The van der Waals surface area contributed by atoms with Crippen LogP contribution in [-0.2, 0) is 0 Å². The molecule has 3 nitrogen and oxygen atoms in total. The zero-order valence-corrected chi connectivity index (χ0v) is 11.4. The van der Waals surface area contributed by atoms with Crippen LogP contribution in [-0.4, -0.2) is 16.1 Å². The molecule has 0 saturated heterocycles. The predicted octanol–water partition coefficient (Wildman–Crippen LogP) is 3.79. The molecule has 0 atom stereocenters. The van der Waals surface area contributed by atoms with Crippen molar-refractivity contribution in [2.45, 2.75) is 52.6 Å². The fraction of sp³-hybridized carbons (Fsp3) is 0.692. The van der Waals surface area contributed by atoms with Gasteiger partial charge in [0.2, 0.25) is 11.2 Å². The SMILES string of the molecule is Cc1cnc(Cl)nc1OC1CCC(C)(C)CC1. The fourth-order valence-electron chi connectivity index (χ4n) is 2.17. The van der Waals surface area contributed by atoms with Crippen molar-refractivity contribution < 1.29 is 4.74 Å². The molecule has 0 bridgehead atoms. The molecule has 0 unspecified atom stereocenters. The van der Waals surface area contributed by atoms with E-state index in [1.165, 1.54) is 12.8 Å². The molecule has 1 heterocycles. The zero-order valence-electron chi connectivity index (χ0n) is 10.7. The van der Waals surface area contributed by atoms with Gasteiger partial charge in [0.05, 0.1) is 0 Å². The molecule has 1 aromatic rings. The number of aryl methyl sites for hydroxylation is 1. The van der Waals surface area contributed by atoms with Crippen molar-refractivity contribution >= 4 is 11.6 Å². The highest BCUT2D eigenvalue weighted by Gasteiger charge is 2.28. The van der Waals surface area contributed by atoms with Crippen molar-refractivity contribution in [1.82, 2.24) is 9.97 Å². The summed E-state index contributed by atoms with van der Waals surface area (Å²) in [5.74, 6) is 0.634. The molecule has 2 rings (SSSR count). The maximum absolute atomic E-state index is 5.92. The van der Waals surface area contributed by atoms with Crippen LogP contribution < -0.4 is 4.74 Å². The Hall–Kier alpha value is -0.830. The monoisotopic (exact) mass is 254 g/mol. The summed E-state index contributed by atoms with van der Waals surface area (Å²) in [5, 5.41) is 0.252. The van der Waals surface area contributed by atoms with Crippen LogP contribution in [0.4, 0.5) is 0 Å². The summed E-state index contributed by atoms with van der Waals surface area (Å²) in [7, 11) is 0. The molecule has 1 fully saturated rings. The number of rotatable bonds is 2. The van der Waals surface area contributed by atoms with Gasteiger partial charge in [-0.25, -0.2) is 4.98 Å². The lowest BCUT2D eigenvalue weighted by Gasteiger charge is -2.34. The molecule has 1 aliphatic rings. The fourth-order valence-corrected chi connectivity index (χ4v) is 2.30. The Balaban J connectivity index is 2.00. The smallest absolute Gasteiger partial charge is 0.225 e. The Kier molecular flexibility index (Phi) is 3.57. The van der Waals surface area contributed by atoms with E-state index in [0.717, 1.165) is 18.4 Å². The summed E-state index contributed by atoms with van der Waals surface area (Å²) in [6.45, 7) is 6.57. The first kappa shape index (κ1) is 12.6. The van der Waals surface area contributed by atoms with Crippen LogP contribution >= 0.6 is 11.6 Å². The minimum Gasteiger partial charge on any atom is -0.474 e. The van der Waals surface area contributed by atoms with E-state index >= 15 is 0 Å². The van der Waals surface area contributed by atoms with E-state index in [-0.39, 0.29) is 11.4 Å². The van der Waals surface area contributed by atoms with Crippen LogP contribution in [0, 0.1) is 12.3 Å². The topological polar surface area (TPSA) is 35.0 Å². The molecule has 0 N–H and O–H groups in total. The lowest BCUT2D eigenvalue weighted by Crippen LogP contribution is -2.28. The third-order valence-electron chi connectivity index (χ3n) is 3.46. The summed E-state index contributed by atoms with van der Waals surface area (Å²) >= 11 is 5.78. The molecule has 0 spiro atoms. The van der Waals surface area contributed by atoms with Crippen LogP contribution in [0.2, 0.25) is 5.28 Å². The average Bonchev–Trinajstić information content (AvgIpc) is 2.26. The number of hydrogen-bond acceptors (Lipinski definition) is 3. The number of halogens is 1. The molecule has 0 aliphatic heterocycles. The van der Waals surface area contributed by atoms with Crippen LogP contribution in [0.1, 0.15) is 45.1 Å². The van der Waals surface area contributed by atoms with E-state index < -0.39 is 0 Å². The number of nitrogens with zero attached hydrogens (tertiary/aromatic N) is 2. The van der Waals surface area contributed by atoms with Crippen LogP contribution in [0.5, 0.6) is 5.88 Å². The molecule has 17 heavy (non-hydrogen) atoms. The highest BCUT2D eigenvalue weighted by atomic mass is 35.5. The van der Waals surface area contributed by atoms with E-state index in [9.17, 15) is 0 Å². The third kappa shape index (κ3) is 3.32. The summed E-state index contributed by atoms with van der Waals surface area (Å²) < 4.78 is 5.92. The molecule has 1 saturated carbocycles. The van der Waals surface area contributed by atoms with Gasteiger partial charge in [-0.15, -0.1) is 0 Å². The molecule has 0 aromatic carbocycles. The zero-order chi connectivity index (χ0) is 12.5. The van der Waals surface area contributed by atoms with Crippen molar-refractivity contribution in [2.24, 2.45) is 5.41 Å². The first-order valence-corrected chi connectivity index (χ1v) is 6.50. The van der Waals surface area contributed by atoms with Crippen molar-refractivity contribution in [1.29, 1.82) is 0 Å². The standard InChI is InChI=1S/C13H19ClN2O/c1-9-8-15-12(14)16-11(9)17-10-4-6-13(2,3)7-5-10/h8,10H,4-7H2,1-3H3. The maximum atomic E-state index is 5.92. The van der Waals surface area contributed by atoms with Gasteiger partial charge in [0.15, 0.2) is 0 Å². The quantitative estimate of drug-likeness (QED) is 0.754. The Morgan fingerprint density at radius 1 is 1.35 bits per heavy atom. The van der Waals surface area contributed by atoms with Crippen molar-refractivity contribution in [2.75, 3.05) is 0 Å². The molecule has 1 aliphatic carbocycles. The minimum absolute atomic E-state index is 0.252. The van der Waals surface area contributed by atoms with Gasteiger partial charge in [0.1, 0.15) is 6.10 Å². The van der Waals surface area contributed by atoms with Gasteiger partial charge in [-0.2, -0.15) is 4.98 Å². The van der Waals surface area contributed by atoms with Gasteiger partial charge in [-0.3, -0.25) is 0 Å². The van der Waals surface area contributed by atoms with E-state index in [2.05, 4.69) is 23.8 Å². The van der Waals surface area contributed by atoms with Gasteiger partial charge in [-0.1, -0.05) is 13.8 Å². The largest absolute Gasteiger partial charge is 0.474 e. The summed E-state index contributed by atoms with van der Waals surface area (Å²) in [6, 6.07) is 0. The Morgan fingerprint density at radius 3 is 2.65 bits per heavy atom. The number of hydrogen-bond donors (Lipinski definition) is 0. The Labute approximate surface area is 108 Å². The van der Waals surface area contributed by atoms with Crippen LogP contribution in [0.15, 0.2) is 6.20 Å². The summed E-state index contributed by atoms with van der Waals surface area (Å²) in [5.41, 5.74) is 1.40. The van der Waals surface area contributed by atoms with Gasteiger partial charge in [0, 0.05) is 11.8 Å². The first-order valence-electron chi connectivity index (χ1n) is 6.12. The molecule has 1 aromatic heterocycles. The normalized spacial score (nSPS) is 20.2. The molecular weight excluding hydrogens is 236 g/mol. The minimum atomic E-state index is 0.252. The van der Waals surface area contributed by atoms with E-state index in [0.29, 0.717) is 11.3 Å². The lowest BCUT2D eigenvalue weighted by molar-refractivity contribution is 0.0941. The molecule has 4 heteroatoms. The van der Waals surface area contributed by atoms with Crippen molar-refractivity contribution in [3.8, 4) is 5.88 Å². The molecule has 94 valence electrons. The average molecular weight is 255 g/mol. The van der Waals surface area contributed by atoms with Crippen molar-refractivity contribution in [3.63, 3.8) is 0 Å². The highest BCUT2D eigenvalue weighted by Crippen LogP contribution is 2.36. The number of ether oxygens (including phenoxy) is 1. The van der Waals surface area contributed by atoms with E-state index in [4.69, 9.17) is 16.3 Å². The molecular formula is C13H19ClN2O. The van der Waals surface area contributed by atoms with Gasteiger partial charge in [0.25, 0.3) is 0 Å². The van der Waals surface area contributed by atoms with Gasteiger partial charge >= 0.3 is 0 Å². The summed E-state index contributed by atoms with van der Waals surface area (Å²) in [4.78, 5) is 8.07. The van der Waals surface area contributed by atoms with Crippen molar-refractivity contribution in [3.05, 3.63) is 17.0 Å². The second kappa shape index (κ2) is 4.81. The van der Waals surface area contributed by atoms with E-state index in [1.54, 1.807) is 6.20 Å². The maximum Gasteiger partial charge on any atom is 0.225 e. The first-order chi connectivity index (χ1) is 7.96. The van der Waals surface area contributed by atoms with Gasteiger partial charge in [-0.05, 0) is 49.6 Å². The molecule has 0 radical (unpaired) electrons. The lowest BCUT2D eigenvalue weighted by atomic mass is 9.76. The second-order valence-corrected chi connectivity index (χ2v) is 5.95. The number of aromatic nitrogens is 2. The third-order valence-corrected chi connectivity index (χ3v) is 3.64. The Bertz CT molecular complexity index is 396. The van der Waals surface area contributed by atoms with Crippen LogP contribution in [0.25, 0.3) is 0 Å². The summed E-state index contributed by atoms with van der Waals surface area (Å²) in [6.07, 6.45) is 6.57. The van der Waals surface area contributed by atoms with Gasteiger partial charge < -0.3 is 4.74 Å².